The van der Waals surface area contributed by atoms with Gasteiger partial charge in [-0.15, -0.1) is 0 Å². The number of carboxylic acid groups (broad SMARTS) is 1. The summed E-state index contributed by atoms with van der Waals surface area (Å²) in [6, 6.07) is 11.5. The van der Waals surface area contributed by atoms with Gasteiger partial charge in [0.15, 0.2) is 6.61 Å². The Hall–Kier alpha value is -2.48. The molecule has 0 radical (unpaired) electrons. The van der Waals surface area contributed by atoms with Crippen LogP contribution in [0.15, 0.2) is 42.6 Å². The molecule has 1 aromatic heterocycles. The summed E-state index contributed by atoms with van der Waals surface area (Å²) in [6.45, 7) is 3.39. The third-order valence-corrected chi connectivity index (χ3v) is 6.03. The maximum Gasteiger partial charge on any atom is 0.341 e. The molecular formula is C22H26N2O5. The first-order valence-electron chi connectivity index (χ1n) is 9.89. The van der Waals surface area contributed by atoms with Gasteiger partial charge in [-0.05, 0) is 36.8 Å². The topological polar surface area (TPSA) is 92.1 Å². The highest BCUT2D eigenvalue weighted by atomic mass is 16.5. The number of aliphatic carboxylic acids is 1. The number of hydrogen-bond donors (Lipinski definition) is 2. The van der Waals surface area contributed by atoms with E-state index in [1.807, 2.05) is 36.4 Å². The van der Waals surface area contributed by atoms with Gasteiger partial charge in [0.25, 0.3) is 0 Å². The molecule has 0 bridgehead atoms. The number of hydrogen-bond acceptors (Lipinski definition) is 6. The van der Waals surface area contributed by atoms with Crippen molar-refractivity contribution in [1.29, 1.82) is 0 Å². The fourth-order valence-electron chi connectivity index (χ4n) is 4.45. The van der Waals surface area contributed by atoms with E-state index in [2.05, 4.69) is 9.88 Å². The molecule has 3 heterocycles. The van der Waals surface area contributed by atoms with Crippen molar-refractivity contribution in [3.8, 4) is 17.0 Å². The summed E-state index contributed by atoms with van der Waals surface area (Å²) in [4.78, 5) is 17.7. The van der Waals surface area contributed by atoms with Crippen LogP contribution in [-0.2, 0) is 16.1 Å². The van der Waals surface area contributed by atoms with Crippen LogP contribution in [0, 0.1) is 11.3 Å². The van der Waals surface area contributed by atoms with Crippen LogP contribution in [0.4, 0.5) is 0 Å². The third-order valence-electron chi connectivity index (χ3n) is 6.03. The van der Waals surface area contributed by atoms with Gasteiger partial charge in [0, 0.05) is 54.9 Å². The average Bonchev–Trinajstić information content (AvgIpc) is 3.12. The van der Waals surface area contributed by atoms with Crippen LogP contribution in [0.5, 0.6) is 5.75 Å². The second kappa shape index (κ2) is 8.49. The second-order valence-electron chi connectivity index (χ2n) is 7.93. The molecule has 2 atom stereocenters. The number of benzene rings is 1. The lowest BCUT2D eigenvalue weighted by Crippen LogP contribution is -2.41. The van der Waals surface area contributed by atoms with Crippen LogP contribution in [0.2, 0.25) is 0 Å². The molecule has 1 aromatic carbocycles. The number of carboxylic acids is 1. The summed E-state index contributed by atoms with van der Waals surface area (Å²) in [5.41, 5.74) is 2.62. The Morgan fingerprint density at radius 2 is 2.24 bits per heavy atom. The van der Waals surface area contributed by atoms with Crippen molar-refractivity contribution in [2.24, 2.45) is 11.3 Å². The van der Waals surface area contributed by atoms with Crippen LogP contribution in [-0.4, -0.2) is 65.6 Å². The Labute approximate surface area is 169 Å². The maximum atomic E-state index is 11.0. The number of aliphatic hydroxyl groups excluding tert-OH is 1. The molecule has 0 spiro atoms. The zero-order chi connectivity index (χ0) is 20.3. The number of likely N-dealkylation sites (tertiary alicyclic amines) is 1. The van der Waals surface area contributed by atoms with Crippen molar-refractivity contribution in [3.63, 3.8) is 0 Å². The molecule has 0 amide bonds. The van der Waals surface area contributed by atoms with Crippen LogP contribution in [0.25, 0.3) is 11.3 Å². The van der Waals surface area contributed by atoms with Crippen molar-refractivity contribution in [1.82, 2.24) is 9.88 Å². The van der Waals surface area contributed by atoms with Crippen molar-refractivity contribution in [2.75, 3.05) is 39.5 Å². The van der Waals surface area contributed by atoms with E-state index in [4.69, 9.17) is 14.6 Å². The standard InChI is InChI=1S/C22H26N2O5/c25-15-22-6-8-28-12-18(22)11-24(14-22)10-17-9-16(19-3-1-2-7-23-19)4-5-20(17)29-13-21(26)27/h1-5,7,9,18,25H,6,8,10-15H2,(H,26,27)/t18-,22-/m1/s1. The lowest BCUT2D eigenvalue weighted by atomic mass is 9.75. The van der Waals surface area contributed by atoms with E-state index < -0.39 is 5.97 Å². The molecule has 0 aliphatic carbocycles. The van der Waals surface area contributed by atoms with E-state index in [1.165, 1.54) is 0 Å². The van der Waals surface area contributed by atoms with Gasteiger partial charge in [0.2, 0.25) is 0 Å². The minimum atomic E-state index is -1.01. The van der Waals surface area contributed by atoms with Crippen molar-refractivity contribution < 1.29 is 24.5 Å². The van der Waals surface area contributed by atoms with Crippen LogP contribution >= 0.6 is 0 Å². The molecule has 2 N–H and O–H groups in total. The van der Waals surface area contributed by atoms with Gasteiger partial charge in [-0.3, -0.25) is 9.88 Å². The second-order valence-corrected chi connectivity index (χ2v) is 7.93. The molecule has 4 rings (SSSR count). The fraction of sp³-hybridized carbons (Fsp3) is 0.455. The van der Waals surface area contributed by atoms with E-state index in [9.17, 15) is 9.90 Å². The highest BCUT2D eigenvalue weighted by molar-refractivity contribution is 5.69. The molecule has 2 aliphatic heterocycles. The van der Waals surface area contributed by atoms with Crippen LogP contribution in [0.1, 0.15) is 12.0 Å². The number of aliphatic hydroxyl groups is 1. The van der Waals surface area contributed by atoms with Gasteiger partial charge < -0.3 is 19.7 Å². The van der Waals surface area contributed by atoms with Gasteiger partial charge in [0.1, 0.15) is 5.75 Å². The van der Waals surface area contributed by atoms with E-state index >= 15 is 0 Å². The molecule has 154 valence electrons. The predicted molar refractivity (Wildman–Crippen MR) is 107 cm³/mol. The molecule has 2 fully saturated rings. The van der Waals surface area contributed by atoms with Gasteiger partial charge in [-0.2, -0.15) is 0 Å². The lowest BCUT2D eigenvalue weighted by Gasteiger charge is -2.36. The Balaban J connectivity index is 1.59. The molecular weight excluding hydrogens is 372 g/mol. The first-order chi connectivity index (χ1) is 14.1. The van der Waals surface area contributed by atoms with Crippen LogP contribution in [0.3, 0.4) is 0 Å². The minimum Gasteiger partial charge on any atom is -0.482 e. The third kappa shape index (κ3) is 4.27. The lowest BCUT2D eigenvalue weighted by molar-refractivity contribution is -0.139. The van der Waals surface area contributed by atoms with Gasteiger partial charge >= 0.3 is 5.97 Å². The van der Waals surface area contributed by atoms with E-state index in [0.29, 0.717) is 31.4 Å². The highest BCUT2D eigenvalue weighted by Crippen LogP contribution is 2.42. The van der Waals surface area contributed by atoms with E-state index in [0.717, 1.165) is 36.3 Å². The number of carbonyl (C=O) groups is 1. The normalized spacial score (nSPS) is 24.2. The molecule has 2 aliphatic rings. The first-order valence-corrected chi connectivity index (χ1v) is 9.89. The monoisotopic (exact) mass is 398 g/mol. The van der Waals surface area contributed by atoms with Gasteiger partial charge in [0.05, 0.1) is 18.9 Å². The Bertz CT molecular complexity index is 860. The fourth-order valence-corrected chi connectivity index (χ4v) is 4.45. The molecule has 29 heavy (non-hydrogen) atoms. The van der Waals surface area contributed by atoms with Crippen molar-refractivity contribution >= 4 is 5.97 Å². The Morgan fingerprint density at radius 1 is 1.34 bits per heavy atom. The largest absolute Gasteiger partial charge is 0.482 e. The highest BCUT2D eigenvalue weighted by Gasteiger charge is 2.47. The summed E-state index contributed by atoms with van der Waals surface area (Å²) in [5.74, 6) is -0.131. The molecule has 0 unspecified atom stereocenters. The quantitative estimate of drug-likeness (QED) is 0.737. The van der Waals surface area contributed by atoms with Gasteiger partial charge in [-0.1, -0.05) is 6.07 Å². The van der Waals surface area contributed by atoms with E-state index in [1.54, 1.807) is 6.20 Å². The molecule has 2 aromatic rings. The number of rotatable bonds is 7. The summed E-state index contributed by atoms with van der Waals surface area (Å²) in [6.07, 6.45) is 2.61. The van der Waals surface area contributed by atoms with Crippen molar-refractivity contribution in [3.05, 3.63) is 48.2 Å². The SMILES string of the molecule is O=C(O)COc1ccc(-c2ccccn2)cc1CN1C[C@@H]2COCC[C@]2(CO)C1. The summed E-state index contributed by atoms with van der Waals surface area (Å²) in [5, 5.41) is 19.0. The summed E-state index contributed by atoms with van der Waals surface area (Å²) in [7, 11) is 0. The summed E-state index contributed by atoms with van der Waals surface area (Å²) >= 11 is 0. The zero-order valence-corrected chi connectivity index (χ0v) is 16.3. The predicted octanol–water partition coefficient (Wildman–Crippen LogP) is 2.04. The summed E-state index contributed by atoms with van der Waals surface area (Å²) < 4.78 is 11.2. The number of ether oxygens (including phenoxy) is 2. The Morgan fingerprint density at radius 3 is 2.97 bits per heavy atom. The smallest absolute Gasteiger partial charge is 0.341 e. The van der Waals surface area contributed by atoms with Crippen molar-refractivity contribution in [2.45, 2.75) is 13.0 Å². The number of fused-ring (bicyclic) bond motifs is 1. The maximum absolute atomic E-state index is 11.0. The molecule has 2 saturated heterocycles. The zero-order valence-electron chi connectivity index (χ0n) is 16.3. The average molecular weight is 398 g/mol. The molecule has 7 nitrogen and oxygen atoms in total. The molecule has 7 heteroatoms. The van der Waals surface area contributed by atoms with E-state index in [-0.39, 0.29) is 18.6 Å². The molecule has 0 saturated carbocycles. The minimum absolute atomic E-state index is 0.112. The van der Waals surface area contributed by atoms with Gasteiger partial charge in [-0.25, -0.2) is 4.79 Å². The van der Waals surface area contributed by atoms with Crippen LogP contribution < -0.4 is 4.74 Å². The number of nitrogens with zero attached hydrogens (tertiary/aromatic N) is 2. The number of aromatic nitrogens is 1. The first kappa shape index (κ1) is 19.8. The number of pyridine rings is 1. The Kier molecular flexibility index (Phi) is 5.80.